The monoisotopic (exact) mass is 432 g/mol. The molecule has 1 atom stereocenters. The van der Waals surface area contributed by atoms with Crippen LogP contribution in [0.2, 0.25) is 0 Å². The van der Waals surface area contributed by atoms with Crippen LogP contribution in [0.3, 0.4) is 0 Å². The normalized spacial score (nSPS) is 11.4. The average molecular weight is 433 g/mol. The minimum atomic E-state index is -0.679. The lowest BCUT2D eigenvalue weighted by atomic mass is 10.1. The Morgan fingerprint density at radius 3 is 2.30 bits per heavy atom. The zero-order valence-electron chi connectivity index (χ0n) is 15.1. The number of esters is 1. The summed E-state index contributed by atoms with van der Waals surface area (Å²) in [6.07, 6.45) is 0. The van der Waals surface area contributed by atoms with Crippen molar-refractivity contribution in [2.75, 3.05) is 13.2 Å². The number of halogens is 1. The van der Waals surface area contributed by atoms with E-state index >= 15 is 0 Å². The number of aryl methyl sites for hydroxylation is 1. The first-order valence-corrected chi connectivity index (χ1v) is 9.20. The van der Waals surface area contributed by atoms with Crippen molar-refractivity contribution in [3.05, 3.63) is 69.7 Å². The molecule has 2 aromatic carbocycles. The van der Waals surface area contributed by atoms with E-state index in [4.69, 9.17) is 4.74 Å². The molecule has 0 aliphatic rings. The van der Waals surface area contributed by atoms with Gasteiger partial charge in [-0.05, 0) is 43.7 Å². The Kier molecular flexibility index (Phi) is 7.55. The SMILES string of the molecule is Cc1ccc(C(=O)NCC(=O)OCC(=O)NC(C)c2ccc(Br)cc2)cc1. The van der Waals surface area contributed by atoms with E-state index in [1.165, 1.54) is 0 Å². The summed E-state index contributed by atoms with van der Waals surface area (Å²) in [5, 5.41) is 5.21. The van der Waals surface area contributed by atoms with Crippen LogP contribution >= 0.6 is 15.9 Å². The molecule has 1 unspecified atom stereocenters. The first-order valence-electron chi connectivity index (χ1n) is 8.40. The molecule has 2 amide bonds. The van der Waals surface area contributed by atoms with E-state index in [-0.39, 0.29) is 18.5 Å². The van der Waals surface area contributed by atoms with Crippen LogP contribution in [0.1, 0.15) is 34.5 Å². The number of rotatable bonds is 7. The number of nitrogens with one attached hydrogen (secondary N) is 2. The van der Waals surface area contributed by atoms with Gasteiger partial charge in [0.25, 0.3) is 11.8 Å². The Morgan fingerprint density at radius 1 is 1.04 bits per heavy atom. The van der Waals surface area contributed by atoms with Crippen molar-refractivity contribution < 1.29 is 19.1 Å². The summed E-state index contributed by atoms with van der Waals surface area (Å²) in [4.78, 5) is 35.5. The zero-order valence-corrected chi connectivity index (χ0v) is 16.7. The molecule has 0 heterocycles. The summed E-state index contributed by atoms with van der Waals surface area (Å²) < 4.78 is 5.84. The summed E-state index contributed by atoms with van der Waals surface area (Å²) in [5.41, 5.74) is 2.42. The van der Waals surface area contributed by atoms with Crippen molar-refractivity contribution in [3.63, 3.8) is 0 Å². The molecule has 142 valence electrons. The van der Waals surface area contributed by atoms with Gasteiger partial charge in [-0.15, -0.1) is 0 Å². The second-order valence-corrected chi connectivity index (χ2v) is 6.97. The Bertz CT molecular complexity index is 804. The van der Waals surface area contributed by atoms with Gasteiger partial charge >= 0.3 is 5.97 Å². The molecule has 6 nitrogen and oxygen atoms in total. The van der Waals surface area contributed by atoms with E-state index in [0.717, 1.165) is 15.6 Å². The quantitative estimate of drug-likeness (QED) is 0.658. The van der Waals surface area contributed by atoms with Gasteiger partial charge in [0.15, 0.2) is 6.61 Å². The summed E-state index contributed by atoms with van der Waals surface area (Å²) in [5.74, 6) is -1.47. The number of carbonyl (C=O) groups is 3. The summed E-state index contributed by atoms with van der Waals surface area (Å²) in [7, 11) is 0. The van der Waals surface area contributed by atoms with Crippen LogP contribution in [0.25, 0.3) is 0 Å². The number of hydrogen-bond acceptors (Lipinski definition) is 4. The van der Waals surface area contributed by atoms with Crippen LogP contribution in [0.4, 0.5) is 0 Å². The van der Waals surface area contributed by atoms with E-state index in [1.54, 1.807) is 12.1 Å². The molecule has 2 N–H and O–H groups in total. The molecular weight excluding hydrogens is 412 g/mol. The maximum Gasteiger partial charge on any atom is 0.325 e. The third-order valence-corrected chi connectivity index (χ3v) is 4.35. The summed E-state index contributed by atoms with van der Waals surface area (Å²) in [6, 6.07) is 14.3. The maximum absolute atomic E-state index is 11.9. The smallest absolute Gasteiger partial charge is 0.325 e. The Balaban J connectivity index is 1.71. The molecule has 2 aromatic rings. The summed E-state index contributed by atoms with van der Waals surface area (Å²) >= 11 is 3.35. The largest absolute Gasteiger partial charge is 0.454 e. The Hall–Kier alpha value is -2.67. The van der Waals surface area contributed by atoms with Gasteiger partial charge < -0.3 is 15.4 Å². The lowest BCUT2D eigenvalue weighted by molar-refractivity contribution is -0.147. The second kappa shape index (κ2) is 9.87. The van der Waals surface area contributed by atoms with E-state index < -0.39 is 18.5 Å². The van der Waals surface area contributed by atoms with Gasteiger partial charge in [-0.25, -0.2) is 0 Å². The van der Waals surface area contributed by atoms with Crippen molar-refractivity contribution in [2.45, 2.75) is 19.9 Å². The molecule has 0 bridgehead atoms. The highest BCUT2D eigenvalue weighted by Gasteiger charge is 2.13. The average Bonchev–Trinajstić information content (AvgIpc) is 2.65. The van der Waals surface area contributed by atoms with Crippen LogP contribution < -0.4 is 10.6 Å². The first kappa shape index (κ1) is 20.6. The van der Waals surface area contributed by atoms with E-state index in [9.17, 15) is 14.4 Å². The fraction of sp³-hybridized carbons (Fsp3) is 0.250. The van der Waals surface area contributed by atoms with Gasteiger partial charge in [-0.2, -0.15) is 0 Å². The maximum atomic E-state index is 11.9. The number of ether oxygens (including phenoxy) is 1. The minimum Gasteiger partial charge on any atom is -0.454 e. The standard InChI is InChI=1S/C20H21BrN2O4/c1-13-3-5-16(6-4-13)20(26)22-11-19(25)27-12-18(24)23-14(2)15-7-9-17(21)10-8-15/h3-10,14H,11-12H2,1-2H3,(H,22,26)(H,23,24). The molecule has 0 radical (unpaired) electrons. The van der Waals surface area contributed by atoms with Crippen LogP contribution in [-0.4, -0.2) is 30.9 Å². The van der Waals surface area contributed by atoms with Gasteiger partial charge in [-0.1, -0.05) is 45.8 Å². The predicted molar refractivity (Wildman–Crippen MR) is 105 cm³/mol. The highest BCUT2D eigenvalue weighted by Crippen LogP contribution is 2.16. The third-order valence-electron chi connectivity index (χ3n) is 3.82. The molecule has 0 aromatic heterocycles. The molecule has 0 aliphatic heterocycles. The van der Waals surface area contributed by atoms with Gasteiger partial charge in [0.2, 0.25) is 0 Å². The molecule has 27 heavy (non-hydrogen) atoms. The van der Waals surface area contributed by atoms with Crippen molar-refractivity contribution in [1.82, 2.24) is 10.6 Å². The zero-order chi connectivity index (χ0) is 19.8. The van der Waals surface area contributed by atoms with E-state index in [2.05, 4.69) is 26.6 Å². The molecule has 2 rings (SSSR count). The van der Waals surface area contributed by atoms with Crippen molar-refractivity contribution in [2.24, 2.45) is 0 Å². The molecular formula is C20H21BrN2O4. The molecule has 0 spiro atoms. The van der Waals surface area contributed by atoms with Crippen molar-refractivity contribution in [3.8, 4) is 0 Å². The highest BCUT2D eigenvalue weighted by molar-refractivity contribution is 9.10. The van der Waals surface area contributed by atoms with Gasteiger partial charge in [-0.3, -0.25) is 14.4 Å². The fourth-order valence-corrected chi connectivity index (χ4v) is 2.54. The van der Waals surface area contributed by atoms with Gasteiger partial charge in [0.1, 0.15) is 6.54 Å². The van der Waals surface area contributed by atoms with Crippen LogP contribution in [0.5, 0.6) is 0 Å². The minimum absolute atomic E-state index is 0.217. The number of benzene rings is 2. The first-order chi connectivity index (χ1) is 12.8. The van der Waals surface area contributed by atoms with Crippen LogP contribution in [0.15, 0.2) is 53.0 Å². The lowest BCUT2D eigenvalue weighted by Gasteiger charge is -2.14. The number of amides is 2. The Labute approximate surface area is 166 Å². The summed E-state index contributed by atoms with van der Waals surface area (Å²) in [6.45, 7) is 3.05. The highest BCUT2D eigenvalue weighted by atomic mass is 79.9. The van der Waals surface area contributed by atoms with Crippen LogP contribution in [-0.2, 0) is 14.3 Å². The van der Waals surface area contributed by atoms with Crippen molar-refractivity contribution >= 4 is 33.7 Å². The van der Waals surface area contributed by atoms with E-state index in [0.29, 0.717) is 5.56 Å². The molecule has 0 saturated carbocycles. The molecule has 0 aliphatic carbocycles. The molecule has 0 fully saturated rings. The van der Waals surface area contributed by atoms with E-state index in [1.807, 2.05) is 50.2 Å². The van der Waals surface area contributed by atoms with Gasteiger partial charge in [0.05, 0.1) is 6.04 Å². The van der Waals surface area contributed by atoms with Crippen LogP contribution in [0, 0.1) is 6.92 Å². The fourth-order valence-electron chi connectivity index (χ4n) is 2.27. The lowest BCUT2D eigenvalue weighted by Crippen LogP contribution is -2.34. The topological polar surface area (TPSA) is 84.5 Å². The third kappa shape index (κ3) is 6.86. The van der Waals surface area contributed by atoms with Gasteiger partial charge in [0, 0.05) is 10.0 Å². The van der Waals surface area contributed by atoms with Crippen molar-refractivity contribution in [1.29, 1.82) is 0 Å². The Morgan fingerprint density at radius 2 is 1.67 bits per heavy atom. The predicted octanol–water partition coefficient (Wildman–Crippen LogP) is 2.91. The second-order valence-electron chi connectivity index (χ2n) is 6.05. The molecule has 0 saturated heterocycles. The number of hydrogen-bond donors (Lipinski definition) is 2. The molecule has 7 heteroatoms. The number of carbonyl (C=O) groups excluding carboxylic acids is 3.